The Balaban J connectivity index is 2.16. The van der Waals surface area contributed by atoms with Crippen molar-refractivity contribution >= 4 is 23.2 Å². The van der Waals surface area contributed by atoms with Gasteiger partial charge in [-0.25, -0.2) is 9.78 Å². The summed E-state index contributed by atoms with van der Waals surface area (Å²) >= 11 is 1.58. The van der Waals surface area contributed by atoms with Gasteiger partial charge in [0.2, 0.25) is 0 Å². The first kappa shape index (κ1) is 17.9. The highest BCUT2D eigenvalue weighted by Crippen LogP contribution is 2.29. The number of carbonyl (C=O) groups excluding carboxylic acids is 1. The van der Waals surface area contributed by atoms with Gasteiger partial charge in [-0.2, -0.15) is 0 Å². The lowest BCUT2D eigenvalue weighted by Crippen LogP contribution is -2.29. The first-order chi connectivity index (χ1) is 11.3. The molecule has 0 bridgehead atoms. The van der Waals surface area contributed by atoms with Crippen LogP contribution in [0, 0.1) is 13.8 Å². The second-order valence-electron chi connectivity index (χ2n) is 5.48. The number of thiazole rings is 1. The quantitative estimate of drug-likeness (QED) is 0.868. The molecule has 1 heterocycles. The lowest BCUT2D eigenvalue weighted by atomic mass is 10.1. The molecule has 1 N–H and O–H groups in total. The van der Waals surface area contributed by atoms with Crippen LogP contribution in [0.3, 0.4) is 0 Å². The fourth-order valence-corrected chi connectivity index (χ4v) is 3.38. The molecule has 2 rings (SSSR count). The Kier molecular flexibility index (Phi) is 5.56. The molecule has 24 heavy (non-hydrogen) atoms. The third-order valence-corrected chi connectivity index (χ3v) is 4.91. The Labute approximate surface area is 144 Å². The molecule has 0 aliphatic heterocycles. The van der Waals surface area contributed by atoms with E-state index in [9.17, 15) is 9.59 Å². The molecular formula is C17H20N2O4S. The molecule has 2 aromatic rings. The third kappa shape index (κ3) is 4.11. The lowest BCUT2D eigenvalue weighted by molar-refractivity contribution is -0.139. The standard InChI is InChI=1S/C17H20N2O4S/c1-10-16(24-12(3)18-10)11(2)19(4)17(22)13-6-5-7-14(8-13)23-9-15(20)21/h5-8,11H,9H2,1-4H3,(H,20,21). The average molecular weight is 348 g/mol. The van der Waals surface area contributed by atoms with Gasteiger partial charge >= 0.3 is 5.97 Å². The Morgan fingerprint density at radius 1 is 1.38 bits per heavy atom. The molecule has 0 fully saturated rings. The number of aryl methyl sites for hydroxylation is 2. The smallest absolute Gasteiger partial charge is 0.341 e. The summed E-state index contributed by atoms with van der Waals surface area (Å²) in [6.45, 7) is 5.40. The molecule has 0 spiro atoms. The number of carboxylic acid groups (broad SMARTS) is 1. The van der Waals surface area contributed by atoms with Crippen molar-refractivity contribution in [3.8, 4) is 5.75 Å². The van der Waals surface area contributed by atoms with Crippen molar-refractivity contribution in [3.05, 3.63) is 45.4 Å². The summed E-state index contributed by atoms with van der Waals surface area (Å²) in [7, 11) is 1.74. The van der Waals surface area contributed by atoms with Crippen LogP contribution in [0.25, 0.3) is 0 Å². The number of benzene rings is 1. The monoisotopic (exact) mass is 348 g/mol. The van der Waals surface area contributed by atoms with Crippen LogP contribution < -0.4 is 4.74 Å². The summed E-state index contributed by atoms with van der Waals surface area (Å²) in [5, 5.41) is 9.63. The van der Waals surface area contributed by atoms with Crippen molar-refractivity contribution in [3.63, 3.8) is 0 Å². The van der Waals surface area contributed by atoms with Gasteiger partial charge in [0.25, 0.3) is 5.91 Å². The van der Waals surface area contributed by atoms with Crippen LogP contribution in [0.4, 0.5) is 0 Å². The molecule has 1 amide bonds. The van der Waals surface area contributed by atoms with E-state index in [1.54, 1.807) is 47.5 Å². The van der Waals surface area contributed by atoms with Gasteiger partial charge in [-0.05, 0) is 39.0 Å². The number of nitrogens with zero attached hydrogens (tertiary/aromatic N) is 2. The van der Waals surface area contributed by atoms with E-state index in [0.717, 1.165) is 15.6 Å². The normalized spacial score (nSPS) is 11.8. The number of rotatable bonds is 6. The van der Waals surface area contributed by atoms with Crippen LogP contribution >= 0.6 is 11.3 Å². The topological polar surface area (TPSA) is 79.7 Å². The highest BCUT2D eigenvalue weighted by Gasteiger charge is 2.22. The van der Waals surface area contributed by atoms with E-state index in [-0.39, 0.29) is 11.9 Å². The first-order valence-electron chi connectivity index (χ1n) is 7.45. The molecule has 1 unspecified atom stereocenters. The van der Waals surface area contributed by atoms with Gasteiger partial charge in [0.05, 0.1) is 16.7 Å². The van der Waals surface area contributed by atoms with E-state index in [0.29, 0.717) is 11.3 Å². The number of carboxylic acids is 1. The summed E-state index contributed by atoms with van der Waals surface area (Å²) in [6.07, 6.45) is 0. The van der Waals surface area contributed by atoms with Crippen LogP contribution in [0.15, 0.2) is 24.3 Å². The SMILES string of the molecule is Cc1nc(C)c(C(C)N(C)C(=O)c2cccc(OCC(=O)O)c2)s1. The molecule has 1 aromatic heterocycles. The number of hydrogen-bond acceptors (Lipinski definition) is 5. The predicted octanol–water partition coefficient (Wildman–Crippen LogP) is 3.06. The van der Waals surface area contributed by atoms with Gasteiger partial charge in [0.1, 0.15) is 5.75 Å². The minimum atomic E-state index is -1.06. The number of hydrogen-bond donors (Lipinski definition) is 1. The largest absolute Gasteiger partial charge is 0.482 e. The summed E-state index contributed by atoms with van der Waals surface area (Å²) in [6, 6.07) is 6.43. The Hall–Kier alpha value is -2.41. The van der Waals surface area contributed by atoms with Crippen molar-refractivity contribution < 1.29 is 19.4 Å². The number of ether oxygens (including phenoxy) is 1. The van der Waals surface area contributed by atoms with Crippen molar-refractivity contribution in [2.45, 2.75) is 26.8 Å². The molecule has 0 radical (unpaired) electrons. The Morgan fingerprint density at radius 3 is 2.67 bits per heavy atom. The van der Waals surface area contributed by atoms with Gasteiger partial charge in [-0.1, -0.05) is 6.07 Å². The zero-order chi connectivity index (χ0) is 17.9. The average Bonchev–Trinajstić information content (AvgIpc) is 2.89. The molecule has 128 valence electrons. The maximum absolute atomic E-state index is 12.7. The fraction of sp³-hybridized carbons (Fsp3) is 0.353. The molecule has 0 aliphatic rings. The molecule has 0 saturated carbocycles. The van der Waals surface area contributed by atoms with Crippen molar-refractivity contribution in [1.82, 2.24) is 9.88 Å². The van der Waals surface area contributed by atoms with Crippen LogP contribution in [0.1, 0.15) is 38.9 Å². The van der Waals surface area contributed by atoms with E-state index in [2.05, 4.69) is 4.98 Å². The van der Waals surface area contributed by atoms with Crippen molar-refractivity contribution in [2.24, 2.45) is 0 Å². The van der Waals surface area contributed by atoms with Gasteiger partial charge in [-0.3, -0.25) is 4.79 Å². The molecule has 1 atom stereocenters. The lowest BCUT2D eigenvalue weighted by Gasteiger charge is -2.24. The molecule has 7 heteroatoms. The molecule has 0 saturated heterocycles. The number of aromatic nitrogens is 1. The maximum Gasteiger partial charge on any atom is 0.341 e. The number of carbonyl (C=O) groups is 2. The Bertz CT molecular complexity index is 757. The van der Waals surface area contributed by atoms with Crippen LogP contribution in [0.5, 0.6) is 5.75 Å². The minimum Gasteiger partial charge on any atom is -0.482 e. The van der Waals surface area contributed by atoms with Crippen LogP contribution in [0.2, 0.25) is 0 Å². The molecule has 1 aromatic carbocycles. The van der Waals surface area contributed by atoms with Crippen molar-refractivity contribution in [1.29, 1.82) is 0 Å². The zero-order valence-corrected chi connectivity index (χ0v) is 14.9. The predicted molar refractivity (Wildman–Crippen MR) is 91.7 cm³/mol. The third-order valence-electron chi connectivity index (χ3n) is 3.66. The zero-order valence-electron chi connectivity index (χ0n) is 14.1. The summed E-state index contributed by atoms with van der Waals surface area (Å²) in [5.41, 5.74) is 1.38. The molecular weight excluding hydrogens is 328 g/mol. The summed E-state index contributed by atoms with van der Waals surface area (Å²) in [5.74, 6) is -0.864. The molecule has 0 aliphatic carbocycles. The second kappa shape index (κ2) is 7.44. The highest BCUT2D eigenvalue weighted by molar-refractivity contribution is 7.11. The van der Waals surface area contributed by atoms with E-state index in [1.807, 2.05) is 20.8 Å². The Morgan fingerprint density at radius 2 is 2.08 bits per heavy atom. The van der Waals surface area contributed by atoms with Gasteiger partial charge in [-0.15, -0.1) is 11.3 Å². The van der Waals surface area contributed by atoms with Gasteiger partial charge < -0.3 is 14.7 Å². The van der Waals surface area contributed by atoms with E-state index < -0.39 is 12.6 Å². The number of aliphatic carboxylic acids is 1. The van der Waals surface area contributed by atoms with Gasteiger partial charge in [0.15, 0.2) is 6.61 Å². The first-order valence-corrected chi connectivity index (χ1v) is 8.27. The van der Waals surface area contributed by atoms with Crippen LogP contribution in [-0.2, 0) is 4.79 Å². The molecule has 6 nitrogen and oxygen atoms in total. The van der Waals surface area contributed by atoms with E-state index in [1.165, 1.54) is 0 Å². The number of amides is 1. The maximum atomic E-state index is 12.7. The fourth-order valence-electron chi connectivity index (χ4n) is 2.35. The van der Waals surface area contributed by atoms with E-state index in [4.69, 9.17) is 9.84 Å². The van der Waals surface area contributed by atoms with Gasteiger partial charge in [0, 0.05) is 17.5 Å². The van der Waals surface area contributed by atoms with E-state index >= 15 is 0 Å². The van der Waals surface area contributed by atoms with Crippen molar-refractivity contribution in [2.75, 3.05) is 13.7 Å². The summed E-state index contributed by atoms with van der Waals surface area (Å²) in [4.78, 5) is 30.4. The second-order valence-corrected chi connectivity index (χ2v) is 6.72. The minimum absolute atomic E-state index is 0.104. The highest BCUT2D eigenvalue weighted by atomic mass is 32.1. The van der Waals surface area contributed by atoms with Crippen LogP contribution in [-0.4, -0.2) is 40.5 Å². The summed E-state index contributed by atoms with van der Waals surface area (Å²) < 4.78 is 5.13.